The normalized spacial score (nSPS) is 13.4. The van der Waals surface area contributed by atoms with Crippen LogP contribution in [0.2, 0.25) is 0 Å². The molecule has 0 aliphatic carbocycles. The molecule has 0 radical (unpaired) electrons. The lowest BCUT2D eigenvalue weighted by atomic mass is 9.80. The zero-order valence-corrected chi connectivity index (χ0v) is 9.43. The zero-order chi connectivity index (χ0) is 10.3. The third kappa shape index (κ3) is 2.11. The molecule has 1 heterocycles. The molecule has 0 aliphatic rings. The first-order valence-electron chi connectivity index (χ1n) is 4.68. The fourth-order valence-corrected chi connectivity index (χ4v) is 1.31. The standard InChI is InChI=1S/C11H19NO/c1-10(2,3)8-7-12-13-9(8)11(4,5)6/h7H,1-6H3. The molecule has 0 saturated carbocycles. The maximum atomic E-state index is 5.31. The number of rotatable bonds is 0. The molecule has 1 aromatic rings. The van der Waals surface area contributed by atoms with Crippen molar-refractivity contribution in [1.82, 2.24) is 5.16 Å². The molecule has 0 N–H and O–H groups in total. The molecule has 1 rings (SSSR count). The first-order chi connectivity index (χ1) is 5.73. The van der Waals surface area contributed by atoms with Gasteiger partial charge in [-0.05, 0) is 5.41 Å². The van der Waals surface area contributed by atoms with Crippen molar-refractivity contribution < 1.29 is 4.52 Å². The van der Waals surface area contributed by atoms with Crippen LogP contribution in [0.4, 0.5) is 0 Å². The van der Waals surface area contributed by atoms with Crippen LogP contribution in [0.25, 0.3) is 0 Å². The molecule has 0 aliphatic heterocycles. The molecular formula is C11H19NO. The summed E-state index contributed by atoms with van der Waals surface area (Å²) < 4.78 is 5.31. The minimum atomic E-state index is 0.0408. The van der Waals surface area contributed by atoms with E-state index in [4.69, 9.17) is 4.52 Å². The average Bonchev–Trinajstić information content (AvgIpc) is 2.27. The maximum absolute atomic E-state index is 5.31. The van der Waals surface area contributed by atoms with E-state index < -0.39 is 0 Å². The summed E-state index contributed by atoms with van der Waals surface area (Å²) in [6, 6.07) is 0. The predicted octanol–water partition coefficient (Wildman–Crippen LogP) is 3.27. The fraction of sp³-hybridized carbons (Fsp3) is 0.727. The minimum absolute atomic E-state index is 0.0408. The Hall–Kier alpha value is -0.790. The lowest BCUT2D eigenvalue weighted by Gasteiger charge is -2.23. The van der Waals surface area contributed by atoms with E-state index in [0.29, 0.717) is 0 Å². The molecule has 13 heavy (non-hydrogen) atoms. The fourth-order valence-electron chi connectivity index (χ4n) is 1.31. The first-order valence-corrected chi connectivity index (χ1v) is 4.68. The second-order valence-corrected chi connectivity index (χ2v) is 5.57. The van der Waals surface area contributed by atoms with E-state index in [0.717, 1.165) is 5.76 Å². The molecular weight excluding hydrogens is 162 g/mol. The minimum Gasteiger partial charge on any atom is -0.361 e. The van der Waals surface area contributed by atoms with Gasteiger partial charge in [0.2, 0.25) is 0 Å². The van der Waals surface area contributed by atoms with Gasteiger partial charge in [0.1, 0.15) is 5.76 Å². The van der Waals surface area contributed by atoms with E-state index >= 15 is 0 Å². The largest absolute Gasteiger partial charge is 0.361 e. The smallest absolute Gasteiger partial charge is 0.145 e. The van der Waals surface area contributed by atoms with Crippen LogP contribution in [0.5, 0.6) is 0 Å². The van der Waals surface area contributed by atoms with Crippen LogP contribution in [-0.2, 0) is 10.8 Å². The summed E-state index contributed by atoms with van der Waals surface area (Å²) in [5, 5.41) is 3.88. The Bertz CT molecular complexity index is 257. The molecule has 0 saturated heterocycles. The van der Waals surface area contributed by atoms with E-state index in [2.05, 4.69) is 46.7 Å². The van der Waals surface area contributed by atoms with Gasteiger partial charge in [-0.3, -0.25) is 0 Å². The molecule has 0 atom stereocenters. The SMILES string of the molecule is CC(C)(C)c1cnoc1C(C)(C)C. The topological polar surface area (TPSA) is 26.0 Å². The van der Waals surface area contributed by atoms with Crippen molar-refractivity contribution in [1.29, 1.82) is 0 Å². The molecule has 0 aromatic carbocycles. The van der Waals surface area contributed by atoms with Crippen molar-refractivity contribution in [2.45, 2.75) is 52.4 Å². The highest BCUT2D eigenvalue weighted by Gasteiger charge is 2.29. The Morgan fingerprint density at radius 2 is 1.54 bits per heavy atom. The van der Waals surface area contributed by atoms with Crippen LogP contribution in [0.15, 0.2) is 10.7 Å². The van der Waals surface area contributed by atoms with Crippen molar-refractivity contribution in [3.63, 3.8) is 0 Å². The summed E-state index contributed by atoms with van der Waals surface area (Å²) >= 11 is 0. The van der Waals surface area contributed by atoms with Crippen LogP contribution in [-0.4, -0.2) is 5.16 Å². The van der Waals surface area contributed by atoms with Crippen LogP contribution >= 0.6 is 0 Å². The summed E-state index contributed by atoms with van der Waals surface area (Å²) in [6.07, 6.45) is 1.83. The monoisotopic (exact) mass is 181 g/mol. The number of hydrogen-bond acceptors (Lipinski definition) is 2. The van der Waals surface area contributed by atoms with Crippen LogP contribution in [0, 0.1) is 0 Å². The Morgan fingerprint density at radius 1 is 1.00 bits per heavy atom. The van der Waals surface area contributed by atoms with Crippen molar-refractivity contribution in [2.24, 2.45) is 0 Å². The molecule has 0 fully saturated rings. The van der Waals surface area contributed by atoms with Gasteiger partial charge in [0.25, 0.3) is 0 Å². The van der Waals surface area contributed by atoms with Crippen molar-refractivity contribution >= 4 is 0 Å². The lowest BCUT2D eigenvalue weighted by Crippen LogP contribution is -2.19. The van der Waals surface area contributed by atoms with Gasteiger partial charge in [-0.25, -0.2) is 0 Å². The van der Waals surface area contributed by atoms with Gasteiger partial charge < -0.3 is 4.52 Å². The van der Waals surface area contributed by atoms with Crippen molar-refractivity contribution in [3.8, 4) is 0 Å². The predicted molar refractivity (Wildman–Crippen MR) is 53.9 cm³/mol. The highest BCUT2D eigenvalue weighted by atomic mass is 16.5. The molecule has 0 amide bonds. The van der Waals surface area contributed by atoms with Gasteiger partial charge in [0.05, 0.1) is 6.20 Å². The van der Waals surface area contributed by atoms with Crippen molar-refractivity contribution in [2.75, 3.05) is 0 Å². The molecule has 1 aromatic heterocycles. The van der Waals surface area contributed by atoms with Gasteiger partial charge >= 0.3 is 0 Å². The van der Waals surface area contributed by atoms with Gasteiger partial charge in [-0.2, -0.15) is 0 Å². The lowest BCUT2D eigenvalue weighted by molar-refractivity contribution is 0.322. The van der Waals surface area contributed by atoms with Gasteiger partial charge in [-0.1, -0.05) is 46.7 Å². The Morgan fingerprint density at radius 3 is 1.85 bits per heavy atom. The summed E-state index contributed by atoms with van der Waals surface area (Å²) in [6.45, 7) is 13.0. The van der Waals surface area contributed by atoms with E-state index in [1.165, 1.54) is 5.56 Å². The van der Waals surface area contributed by atoms with Gasteiger partial charge in [0.15, 0.2) is 0 Å². The third-order valence-corrected chi connectivity index (χ3v) is 2.06. The first kappa shape index (κ1) is 10.3. The summed E-state index contributed by atoms with van der Waals surface area (Å²) in [4.78, 5) is 0. The highest BCUT2D eigenvalue weighted by Crippen LogP contribution is 2.33. The summed E-state index contributed by atoms with van der Waals surface area (Å²) in [7, 11) is 0. The molecule has 2 heteroatoms. The summed E-state index contributed by atoms with van der Waals surface area (Å²) in [5.74, 6) is 1.00. The Kier molecular flexibility index (Phi) is 2.27. The van der Waals surface area contributed by atoms with E-state index in [-0.39, 0.29) is 10.8 Å². The van der Waals surface area contributed by atoms with Gasteiger partial charge in [-0.15, -0.1) is 0 Å². The molecule has 0 spiro atoms. The molecule has 0 unspecified atom stereocenters. The summed E-state index contributed by atoms with van der Waals surface area (Å²) in [5.41, 5.74) is 1.36. The highest BCUT2D eigenvalue weighted by molar-refractivity contribution is 5.27. The third-order valence-electron chi connectivity index (χ3n) is 2.06. The number of nitrogens with zero attached hydrogens (tertiary/aromatic N) is 1. The van der Waals surface area contributed by atoms with Crippen LogP contribution in [0.3, 0.4) is 0 Å². The zero-order valence-electron chi connectivity index (χ0n) is 9.43. The Labute approximate surface area is 80.3 Å². The number of hydrogen-bond donors (Lipinski definition) is 0. The van der Waals surface area contributed by atoms with E-state index in [1.54, 1.807) is 0 Å². The maximum Gasteiger partial charge on any atom is 0.145 e. The van der Waals surface area contributed by atoms with Crippen LogP contribution < -0.4 is 0 Å². The molecule has 74 valence electrons. The van der Waals surface area contributed by atoms with E-state index in [1.807, 2.05) is 6.20 Å². The average molecular weight is 181 g/mol. The second-order valence-electron chi connectivity index (χ2n) is 5.57. The van der Waals surface area contributed by atoms with Crippen molar-refractivity contribution in [3.05, 3.63) is 17.5 Å². The number of aromatic nitrogens is 1. The van der Waals surface area contributed by atoms with E-state index in [9.17, 15) is 0 Å². The second kappa shape index (κ2) is 2.86. The van der Waals surface area contributed by atoms with Crippen LogP contribution in [0.1, 0.15) is 52.9 Å². The molecule has 2 nitrogen and oxygen atoms in total. The quantitative estimate of drug-likeness (QED) is 0.614. The van der Waals surface area contributed by atoms with Gasteiger partial charge in [0, 0.05) is 11.0 Å². The Balaban J connectivity index is 3.19. The molecule has 0 bridgehead atoms.